The highest BCUT2D eigenvalue weighted by Crippen LogP contribution is 2.36. The van der Waals surface area contributed by atoms with Crippen LogP contribution in [0.3, 0.4) is 0 Å². The summed E-state index contributed by atoms with van der Waals surface area (Å²) in [5.41, 5.74) is 0.970. The normalized spacial score (nSPS) is 13.7. The van der Waals surface area contributed by atoms with Crippen LogP contribution in [0.4, 0.5) is 0 Å². The Hall–Kier alpha value is -3.55. The molecule has 35 heavy (non-hydrogen) atoms. The van der Waals surface area contributed by atoms with Crippen LogP contribution in [0.25, 0.3) is 16.8 Å². The molecule has 0 saturated carbocycles. The lowest BCUT2D eigenvalue weighted by Crippen LogP contribution is -2.40. The van der Waals surface area contributed by atoms with Crippen molar-refractivity contribution in [2.75, 3.05) is 40.0 Å². The molecule has 0 bridgehead atoms. The first kappa shape index (κ1) is 24.6. The zero-order chi connectivity index (χ0) is 24.8. The highest BCUT2D eigenvalue weighted by molar-refractivity contribution is 6.32. The van der Waals surface area contributed by atoms with Crippen molar-refractivity contribution in [3.63, 3.8) is 0 Å². The molecule has 0 unspecified atom stereocenters. The molecule has 1 aliphatic heterocycles. The summed E-state index contributed by atoms with van der Waals surface area (Å²) >= 11 is 6.29. The van der Waals surface area contributed by atoms with Crippen LogP contribution < -0.4 is 14.2 Å². The Labute approximate surface area is 208 Å². The molecule has 3 aromatic carbocycles. The van der Waals surface area contributed by atoms with Gasteiger partial charge in [-0.15, -0.1) is 0 Å². The number of amides is 1. The fourth-order valence-corrected chi connectivity index (χ4v) is 4.16. The smallest absolute Gasteiger partial charge is 0.336 e. The van der Waals surface area contributed by atoms with Gasteiger partial charge in [0, 0.05) is 19.2 Å². The minimum Gasteiger partial charge on any atom is -0.491 e. The van der Waals surface area contributed by atoms with Gasteiger partial charge >= 0.3 is 5.97 Å². The Kier molecular flexibility index (Phi) is 7.90. The maximum Gasteiger partial charge on any atom is 0.336 e. The Balaban J connectivity index is 1.60. The summed E-state index contributed by atoms with van der Waals surface area (Å²) in [7, 11) is 1.51. The molecule has 7 nitrogen and oxygen atoms in total. The topological polar surface area (TPSA) is 74.3 Å². The first-order valence-electron chi connectivity index (χ1n) is 11.3. The van der Waals surface area contributed by atoms with E-state index in [4.69, 9.17) is 30.5 Å². The summed E-state index contributed by atoms with van der Waals surface area (Å²) < 4.78 is 21.9. The van der Waals surface area contributed by atoms with Gasteiger partial charge in [0.1, 0.15) is 5.75 Å². The van der Waals surface area contributed by atoms with Crippen LogP contribution in [0.2, 0.25) is 5.02 Å². The van der Waals surface area contributed by atoms with Gasteiger partial charge < -0.3 is 23.8 Å². The van der Waals surface area contributed by atoms with E-state index in [2.05, 4.69) is 0 Å². The molecule has 1 heterocycles. The highest BCUT2D eigenvalue weighted by atomic mass is 35.5. The minimum atomic E-state index is -0.624. The second-order valence-corrected chi connectivity index (χ2v) is 8.23. The molecule has 1 amide bonds. The molecule has 4 rings (SSSR count). The van der Waals surface area contributed by atoms with Gasteiger partial charge in [-0.1, -0.05) is 35.9 Å². The number of carbonyl (C=O) groups excluding carboxylic acids is 2. The van der Waals surface area contributed by atoms with E-state index in [0.29, 0.717) is 60.6 Å². The van der Waals surface area contributed by atoms with Crippen LogP contribution in [0.5, 0.6) is 17.2 Å². The third-order valence-electron chi connectivity index (χ3n) is 5.53. The molecule has 0 radical (unpaired) electrons. The molecule has 182 valence electrons. The van der Waals surface area contributed by atoms with Crippen molar-refractivity contribution in [2.45, 2.75) is 6.92 Å². The summed E-state index contributed by atoms with van der Waals surface area (Å²) in [6, 6.07) is 14.5. The van der Waals surface area contributed by atoms with Crippen LogP contribution in [0, 0.1) is 0 Å². The van der Waals surface area contributed by atoms with Gasteiger partial charge in [0.25, 0.3) is 5.91 Å². The van der Waals surface area contributed by atoms with Gasteiger partial charge in [0.15, 0.2) is 11.5 Å². The maximum absolute atomic E-state index is 13.2. The largest absolute Gasteiger partial charge is 0.491 e. The Morgan fingerprint density at radius 3 is 2.46 bits per heavy atom. The summed E-state index contributed by atoms with van der Waals surface area (Å²) in [5.74, 6) is 0.284. The first-order chi connectivity index (χ1) is 17.0. The molecule has 0 spiro atoms. The Morgan fingerprint density at radius 2 is 1.77 bits per heavy atom. The predicted octanol–water partition coefficient (Wildman–Crippen LogP) is 4.99. The molecule has 1 aliphatic rings. The zero-order valence-electron chi connectivity index (χ0n) is 19.6. The molecule has 0 aromatic heterocycles. The SMILES string of the molecule is CCOc1cc(/C=C/C(=O)Oc2cc3ccccc3cc2C(=O)N2CCOCC2)cc(Cl)c1OC. The van der Waals surface area contributed by atoms with Crippen molar-refractivity contribution in [1.82, 2.24) is 4.90 Å². The molecule has 0 N–H and O–H groups in total. The van der Waals surface area contributed by atoms with E-state index in [-0.39, 0.29) is 11.7 Å². The third-order valence-corrected chi connectivity index (χ3v) is 5.82. The van der Waals surface area contributed by atoms with Crippen molar-refractivity contribution < 1.29 is 28.5 Å². The van der Waals surface area contributed by atoms with Crippen molar-refractivity contribution in [1.29, 1.82) is 0 Å². The standard InChI is InChI=1S/C27H26ClNO6/c1-3-34-24-15-18(14-22(28)26(24)32-2)8-9-25(30)35-23-17-20-7-5-4-6-19(20)16-21(23)27(31)29-10-12-33-13-11-29/h4-9,14-17H,3,10-13H2,1-2H3/b9-8+. The Morgan fingerprint density at radius 1 is 1.06 bits per heavy atom. The van der Waals surface area contributed by atoms with E-state index in [1.54, 1.807) is 35.2 Å². The second kappa shape index (κ2) is 11.3. The Bertz CT molecular complexity index is 1270. The van der Waals surface area contributed by atoms with E-state index >= 15 is 0 Å². The van der Waals surface area contributed by atoms with Gasteiger partial charge in [0.05, 0.1) is 37.5 Å². The van der Waals surface area contributed by atoms with E-state index in [0.717, 1.165) is 10.8 Å². The molecular formula is C27H26ClNO6. The summed E-state index contributed by atoms with van der Waals surface area (Å²) in [4.78, 5) is 27.7. The molecule has 1 fully saturated rings. The average Bonchev–Trinajstić information content (AvgIpc) is 2.87. The number of carbonyl (C=O) groups is 2. The van der Waals surface area contributed by atoms with E-state index in [1.807, 2.05) is 31.2 Å². The van der Waals surface area contributed by atoms with Crippen molar-refractivity contribution in [2.24, 2.45) is 0 Å². The van der Waals surface area contributed by atoms with E-state index < -0.39 is 5.97 Å². The number of halogens is 1. The van der Waals surface area contributed by atoms with Crippen LogP contribution >= 0.6 is 11.6 Å². The summed E-state index contributed by atoms with van der Waals surface area (Å²) in [6.07, 6.45) is 2.85. The van der Waals surface area contributed by atoms with Crippen LogP contribution in [0.1, 0.15) is 22.8 Å². The zero-order valence-corrected chi connectivity index (χ0v) is 20.3. The number of morpholine rings is 1. The van der Waals surface area contributed by atoms with Gasteiger partial charge in [0.2, 0.25) is 0 Å². The fraction of sp³-hybridized carbons (Fsp3) is 0.259. The second-order valence-electron chi connectivity index (χ2n) is 7.82. The van der Waals surface area contributed by atoms with E-state index in [1.165, 1.54) is 13.2 Å². The lowest BCUT2D eigenvalue weighted by atomic mass is 10.0. The summed E-state index contributed by atoms with van der Waals surface area (Å²) in [6.45, 7) is 4.21. The first-order valence-corrected chi connectivity index (χ1v) is 11.7. The predicted molar refractivity (Wildman–Crippen MR) is 135 cm³/mol. The van der Waals surface area contributed by atoms with Gasteiger partial charge in [-0.2, -0.15) is 0 Å². The quantitative estimate of drug-likeness (QED) is 0.261. The number of hydrogen-bond acceptors (Lipinski definition) is 6. The third kappa shape index (κ3) is 5.75. The molecular weight excluding hydrogens is 470 g/mol. The van der Waals surface area contributed by atoms with Gasteiger partial charge in [-0.25, -0.2) is 4.79 Å². The fourth-order valence-electron chi connectivity index (χ4n) is 3.86. The lowest BCUT2D eigenvalue weighted by molar-refractivity contribution is -0.128. The number of fused-ring (bicyclic) bond motifs is 1. The number of benzene rings is 3. The van der Waals surface area contributed by atoms with Gasteiger partial charge in [-0.05, 0) is 53.6 Å². The molecule has 3 aromatic rings. The lowest BCUT2D eigenvalue weighted by Gasteiger charge is -2.27. The van der Waals surface area contributed by atoms with Crippen LogP contribution in [-0.2, 0) is 9.53 Å². The minimum absolute atomic E-state index is 0.200. The van der Waals surface area contributed by atoms with Crippen molar-refractivity contribution >= 4 is 40.3 Å². The van der Waals surface area contributed by atoms with E-state index in [9.17, 15) is 9.59 Å². The number of nitrogens with zero attached hydrogens (tertiary/aromatic N) is 1. The van der Waals surface area contributed by atoms with Crippen LogP contribution in [-0.4, -0.2) is 56.8 Å². The molecule has 8 heteroatoms. The molecule has 0 aliphatic carbocycles. The van der Waals surface area contributed by atoms with Crippen molar-refractivity contribution in [3.8, 4) is 17.2 Å². The number of hydrogen-bond donors (Lipinski definition) is 0. The number of ether oxygens (including phenoxy) is 4. The number of rotatable bonds is 7. The van der Waals surface area contributed by atoms with Gasteiger partial charge in [-0.3, -0.25) is 4.79 Å². The highest BCUT2D eigenvalue weighted by Gasteiger charge is 2.23. The maximum atomic E-state index is 13.2. The summed E-state index contributed by atoms with van der Waals surface area (Å²) in [5, 5.41) is 2.11. The number of methoxy groups -OCH3 is 1. The molecule has 0 atom stereocenters. The van der Waals surface area contributed by atoms with Crippen molar-refractivity contribution in [3.05, 3.63) is 70.8 Å². The molecule has 1 saturated heterocycles. The monoisotopic (exact) mass is 495 g/mol. The van der Waals surface area contributed by atoms with Crippen LogP contribution in [0.15, 0.2) is 54.6 Å². The number of esters is 1. The average molecular weight is 496 g/mol.